The summed E-state index contributed by atoms with van der Waals surface area (Å²) in [5.41, 5.74) is 4.39. The lowest BCUT2D eigenvalue weighted by Gasteiger charge is -2.07. The number of benzene rings is 2. The molecule has 0 radical (unpaired) electrons. The van der Waals surface area contributed by atoms with E-state index in [2.05, 4.69) is 42.3 Å². The van der Waals surface area contributed by atoms with Gasteiger partial charge in [0.1, 0.15) is 12.4 Å². The molecule has 0 spiro atoms. The molecule has 134 valence electrons. The van der Waals surface area contributed by atoms with Crippen LogP contribution in [0, 0.1) is 0 Å². The zero-order valence-corrected chi connectivity index (χ0v) is 15.2. The summed E-state index contributed by atoms with van der Waals surface area (Å²) in [6, 6.07) is 18.3. The highest BCUT2D eigenvalue weighted by Crippen LogP contribution is 2.17. The molecule has 0 saturated heterocycles. The Morgan fingerprint density at radius 1 is 0.962 bits per heavy atom. The van der Waals surface area contributed by atoms with Gasteiger partial charge < -0.3 is 9.47 Å². The van der Waals surface area contributed by atoms with E-state index < -0.39 is 0 Å². The first kappa shape index (κ1) is 18.2. The van der Waals surface area contributed by atoms with Gasteiger partial charge in [0.2, 0.25) is 0 Å². The molecule has 0 amide bonds. The second kappa shape index (κ2) is 9.73. The van der Waals surface area contributed by atoms with Crippen molar-refractivity contribution in [3.63, 3.8) is 0 Å². The van der Waals surface area contributed by atoms with Gasteiger partial charge in [0.05, 0.1) is 12.3 Å². The average Bonchev–Trinajstić information content (AvgIpc) is 3.15. The Balaban J connectivity index is 1.46. The average molecular weight is 347 g/mol. The van der Waals surface area contributed by atoms with Crippen LogP contribution in [0.1, 0.15) is 30.9 Å². The van der Waals surface area contributed by atoms with E-state index in [1.807, 2.05) is 42.5 Å². The molecule has 0 atom stereocenters. The van der Waals surface area contributed by atoms with Crippen LogP contribution in [0.4, 0.5) is 0 Å². The summed E-state index contributed by atoms with van der Waals surface area (Å²) in [6.07, 6.45) is 8.19. The molecule has 1 aliphatic heterocycles. The quantitative estimate of drug-likeness (QED) is 0.566. The van der Waals surface area contributed by atoms with E-state index in [0.29, 0.717) is 13.2 Å². The smallest absolute Gasteiger partial charge is 0.130 e. The van der Waals surface area contributed by atoms with Gasteiger partial charge in [0, 0.05) is 18.7 Å². The van der Waals surface area contributed by atoms with Crippen LogP contribution < -0.4 is 4.74 Å². The van der Waals surface area contributed by atoms with Crippen LogP contribution in [0.3, 0.4) is 0 Å². The number of ether oxygens (including phenoxy) is 2. The summed E-state index contributed by atoms with van der Waals surface area (Å²) in [7, 11) is 0. The summed E-state index contributed by atoms with van der Waals surface area (Å²) in [5.74, 6) is 0.855. The topological polar surface area (TPSA) is 30.8 Å². The fraction of sp³-hybridized carbons (Fsp3) is 0.261. The SMILES string of the molecule is CCCOCc1ccc(OCC2=CCC(/C=C/c3ccccc3)=N2)cc1. The zero-order valence-electron chi connectivity index (χ0n) is 15.2. The first-order valence-corrected chi connectivity index (χ1v) is 9.12. The van der Waals surface area contributed by atoms with Gasteiger partial charge in [-0.25, -0.2) is 0 Å². The highest BCUT2D eigenvalue weighted by molar-refractivity contribution is 6.01. The van der Waals surface area contributed by atoms with Gasteiger partial charge in [-0.05, 0) is 35.8 Å². The molecule has 0 aromatic heterocycles. The molecule has 0 unspecified atom stereocenters. The van der Waals surface area contributed by atoms with Crippen molar-refractivity contribution in [1.82, 2.24) is 0 Å². The molecular formula is C23H25NO2. The van der Waals surface area contributed by atoms with Crippen molar-refractivity contribution in [3.05, 3.63) is 83.6 Å². The van der Waals surface area contributed by atoms with Crippen LogP contribution in [0.2, 0.25) is 0 Å². The third kappa shape index (κ3) is 5.71. The lowest BCUT2D eigenvalue weighted by atomic mass is 10.2. The van der Waals surface area contributed by atoms with Gasteiger partial charge in [-0.1, -0.05) is 61.5 Å². The largest absolute Gasteiger partial charge is 0.487 e. The van der Waals surface area contributed by atoms with Crippen molar-refractivity contribution in [2.24, 2.45) is 4.99 Å². The maximum absolute atomic E-state index is 5.84. The highest BCUT2D eigenvalue weighted by atomic mass is 16.5. The van der Waals surface area contributed by atoms with Crippen molar-refractivity contribution in [2.45, 2.75) is 26.4 Å². The minimum absolute atomic E-state index is 0.494. The van der Waals surface area contributed by atoms with Crippen LogP contribution in [-0.2, 0) is 11.3 Å². The van der Waals surface area contributed by atoms with E-state index in [1.165, 1.54) is 5.56 Å². The standard InChI is InChI=1S/C23H25NO2/c1-2-16-25-17-20-9-14-23(15-10-20)26-18-22-13-12-21(24-22)11-8-19-6-4-3-5-7-19/h3-11,13-15H,2,12,16-18H2,1H3/b11-8+. The summed E-state index contributed by atoms with van der Waals surface area (Å²) < 4.78 is 11.4. The van der Waals surface area contributed by atoms with Crippen LogP contribution >= 0.6 is 0 Å². The molecule has 0 bridgehead atoms. The Morgan fingerprint density at radius 3 is 2.54 bits per heavy atom. The molecule has 1 heterocycles. The number of hydrogen-bond donors (Lipinski definition) is 0. The van der Waals surface area contributed by atoms with Crippen molar-refractivity contribution in [2.75, 3.05) is 13.2 Å². The molecule has 0 N–H and O–H groups in total. The summed E-state index contributed by atoms with van der Waals surface area (Å²) in [4.78, 5) is 4.63. The Labute approximate surface area is 155 Å². The summed E-state index contributed by atoms with van der Waals surface area (Å²) in [5, 5.41) is 0. The minimum atomic E-state index is 0.494. The lowest BCUT2D eigenvalue weighted by molar-refractivity contribution is 0.121. The molecule has 3 nitrogen and oxygen atoms in total. The van der Waals surface area contributed by atoms with Crippen molar-refractivity contribution in [3.8, 4) is 5.75 Å². The number of nitrogens with zero attached hydrogens (tertiary/aromatic N) is 1. The maximum Gasteiger partial charge on any atom is 0.130 e. The number of rotatable bonds is 9. The predicted molar refractivity (Wildman–Crippen MR) is 107 cm³/mol. The summed E-state index contributed by atoms with van der Waals surface area (Å²) >= 11 is 0. The first-order valence-electron chi connectivity index (χ1n) is 9.12. The highest BCUT2D eigenvalue weighted by Gasteiger charge is 2.07. The molecule has 26 heavy (non-hydrogen) atoms. The predicted octanol–water partition coefficient (Wildman–Crippen LogP) is 5.43. The zero-order chi connectivity index (χ0) is 18.0. The Bertz CT molecular complexity index is 774. The first-order chi connectivity index (χ1) is 12.8. The van der Waals surface area contributed by atoms with Gasteiger partial charge in [-0.3, -0.25) is 4.99 Å². The van der Waals surface area contributed by atoms with Gasteiger partial charge in [-0.2, -0.15) is 0 Å². The van der Waals surface area contributed by atoms with Gasteiger partial charge >= 0.3 is 0 Å². The normalized spacial score (nSPS) is 13.7. The Hall–Kier alpha value is -2.65. The number of aliphatic imine (C=N–C) groups is 1. The van der Waals surface area contributed by atoms with Crippen molar-refractivity contribution in [1.29, 1.82) is 0 Å². The Morgan fingerprint density at radius 2 is 1.77 bits per heavy atom. The van der Waals surface area contributed by atoms with Crippen molar-refractivity contribution < 1.29 is 9.47 Å². The van der Waals surface area contributed by atoms with Crippen LogP contribution in [0.25, 0.3) is 6.08 Å². The molecule has 0 saturated carbocycles. The van der Waals surface area contributed by atoms with Crippen molar-refractivity contribution >= 4 is 11.8 Å². The second-order valence-electron chi connectivity index (χ2n) is 6.23. The molecule has 3 heteroatoms. The molecule has 0 fully saturated rings. The summed E-state index contributed by atoms with van der Waals surface area (Å²) in [6.45, 7) is 4.06. The van der Waals surface area contributed by atoms with Crippen LogP contribution in [-0.4, -0.2) is 18.9 Å². The molecule has 0 aliphatic carbocycles. The molecule has 3 rings (SSSR count). The fourth-order valence-electron chi connectivity index (χ4n) is 2.62. The van der Waals surface area contributed by atoms with Gasteiger partial charge in [-0.15, -0.1) is 0 Å². The van der Waals surface area contributed by atoms with Crippen LogP contribution in [0.15, 0.2) is 77.4 Å². The lowest BCUT2D eigenvalue weighted by Crippen LogP contribution is -1.99. The van der Waals surface area contributed by atoms with E-state index in [0.717, 1.165) is 42.2 Å². The molecule has 2 aromatic rings. The third-order valence-electron chi connectivity index (χ3n) is 4.03. The minimum Gasteiger partial charge on any atom is -0.487 e. The van der Waals surface area contributed by atoms with E-state index >= 15 is 0 Å². The third-order valence-corrected chi connectivity index (χ3v) is 4.03. The van der Waals surface area contributed by atoms with E-state index in [4.69, 9.17) is 9.47 Å². The number of allylic oxidation sites excluding steroid dienone is 2. The Kier molecular flexibility index (Phi) is 6.80. The second-order valence-corrected chi connectivity index (χ2v) is 6.23. The van der Waals surface area contributed by atoms with Crippen LogP contribution in [0.5, 0.6) is 5.75 Å². The van der Waals surface area contributed by atoms with E-state index in [9.17, 15) is 0 Å². The monoisotopic (exact) mass is 347 g/mol. The van der Waals surface area contributed by atoms with E-state index in [-0.39, 0.29) is 0 Å². The maximum atomic E-state index is 5.84. The van der Waals surface area contributed by atoms with E-state index in [1.54, 1.807) is 0 Å². The molecule has 2 aromatic carbocycles. The molecule has 1 aliphatic rings. The molecular weight excluding hydrogens is 322 g/mol. The number of hydrogen-bond acceptors (Lipinski definition) is 3. The van der Waals surface area contributed by atoms with Gasteiger partial charge in [0.15, 0.2) is 0 Å². The fourth-order valence-corrected chi connectivity index (χ4v) is 2.62. The van der Waals surface area contributed by atoms with Gasteiger partial charge in [0.25, 0.3) is 0 Å².